The van der Waals surface area contributed by atoms with E-state index in [1.54, 1.807) is 6.20 Å². The number of imidazole rings is 1. The van der Waals surface area contributed by atoms with Crippen molar-refractivity contribution in [2.24, 2.45) is 0 Å². The highest BCUT2D eigenvalue weighted by molar-refractivity contribution is 9.10. The van der Waals surface area contributed by atoms with E-state index in [0.717, 1.165) is 41.0 Å². The number of nitrogens with zero attached hydrogens (tertiary/aromatic N) is 2. The molecule has 0 spiro atoms. The van der Waals surface area contributed by atoms with E-state index in [4.69, 9.17) is 0 Å². The summed E-state index contributed by atoms with van der Waals surface area (Å²) in [4.78, 5) is 12.1. The van der Waals surface area contributed by atoms with Crippen molar-refractivity contribution in [1.29, 1.82) is 0 Å². The summed E-state index contributed by atoms with van der Waals surface area (Å²) in [5.74, 6) is 1.57. The molecule has 0 aromatic carbocycles. The predicted molar refractivity (Wildman–Crippen MR) is 61.8 cm³/mol. The average Bonchev–Trinajstić information content (AvgIpc) is 2.84. The molecule has 4 nitrogen and oxygen atoms in total. The molecule has 3 heterocycles. The number of rotatable bonds is 1. The Morgan fingerprint density at radius 1 is 1.47 bits per heavy atom. The van der Waals surface area contributed by atoms with Crippen LogP contribution in [0.15, 0.2) is 16.7 Å². The maximum Gasteiger partial charge on any atom is 0.177 e. The van der Waals surface area contributed by atoms with E-state index >= 15 is 0 Å². The van der Waals surface area contributed by atoms with Gasteiger partial charge in [0.25, 0.3) is 0 Å². The molecule has 3 rings (SSSR count). The van der Waals surface area contributed by atoms with Gasteiger partial charge in [-0.15, -0.1) is 0 Å². The van der Waals surface area contributed by atoms with Crippen LogP contribution in [0.1, 0.15) is 18.2 Å². The molecular weight excluding hydrogens is 256 g/mol. The summed E-state index contributed by atoms with van der Waals surface area (Å²) >= 11 is 3.40. The Hall–Kier alpha value is -0.940. The van der Waals surface area contributed by atoms with Crippen molar-refractivity contribution in [3.05, 3.63) is 22.6 Å². The number of halogens is 1. The second kappa shape index (κ2) is 3.57. The molecular formula is C10H11BrN4. The highest BCUT2D eigenvalue weighted by atomic mass is 79.9. The van der Waals surface area contributed by atoms with Gasteiger partial charge in [0.05, 0.1) is 5.52 Å². The number of fused-ring (bicyclic) bond motifs is 1. The van der Waals surface area contributed by atoms with E-state index in [0.29, 0.717) is 5.92 Å². The van der Waals surface area contributed by atoms with Gasteiger partial charge in [-0.05, 0) is 35.0 Å². The monoisotopic (exact) mass is 266 g/mol. The molecule has 78 valence electrons. The van der Waals surface area contributed by atoms with Gasteiger partial charge in [-0.25, -0.2) is 9.97 Å². The number of aromatic amines is 1. The molecule has 1 atom stereocenters. The van der Waals surface area contributed by atoms with Crippen LogP contribution in [0.4, 0.5) is 0 Å². The minimum atomic E-state index is 0.512. The molecule has 1 unspecified atom stereocenters. The molecule has 0 saturated carbocycles. The van der Waals surface area contributed by atoms with Crippen LogP contribution in [0.5, 0.6) is 0 Å². The fraction of sp³-hybridized carbons (Fsp3) is 0.400. The van der Waals surface area contributed by atoms with Crippen LogP contribution in [0.25, 0.3) is 11.2 Å². The standard InChI is InChI=1S/C10H11BrN4/c11-7-3-8-10(13-5-7)15-9(14-8)6-1-2-12-4-6/h3,5-6,12H,1-2,4H2,(H,13,14,15). The molecule has 0 bridgehead atoms. The van der Waals surface area contributed by atoms with Gasteiger partial charge in [0.15, 0.2) is 5.65 Å². The van der Waals surface area contributed by atoms with Crippen LogP contribution >= 0.6 is 15.9 Å². The first-order valence-corrected chi connectivity index (χ1v) is 5.84. The Balaban J connectivity index is 2.05. The summed E-state index contributed by atoms with van der Waals surface area (Å²) in [5.41, 5.74) is 1.81. The number of hydrogen-bond acceptors (Lipinski definition) is 3. The van der Waals surface area contributed by atoms with E-state index in [1.807, 2.05) is 6.07 Å². The van der Waals surface area contributed by atoms with E-state index in [-0.39, 0.29) is 0 Å². The molecule has 5 heteroatoms. The van der Waals surface area contributed by atoms with Crippen LogP contribution in [0.2, 0.25) is 0 Å². The van der Waals surface area contributed by atoms with Crippen LogP contribution < -0.4 is 5.32 Å². The van der Waals surface area contributed by atoms with Gasteiger partial charge < -0.3 is 10.3 Å². The molecule has 0 amide bonds. The molecule has 1 fully saturated rings. The number of aromatic nitrogens is 3. The summed E-state index contributed by atoms with van der Waals surface area (Å²) in [6.07, 6.45) is 2.93. The normalized spacial score (nSPS) is 21.3. The first-order valence-electron chi connectivity index (χ1n) is 5.05. The largest absolute Gasteiger partial charge is 0.340 e. The summed E-state index contributed by atoms with van der Waals surface area (Å²) < 4.78 is 0.981. The van der Waals surface area contributed by atoms with Gasteiger partial charge in [0, 0.05) is 23.1 Å². The second-order valence-electron chi connectivity index (χ2n) is 3.84. The lowest BCUT2D eigenvalue weighted by Crippen LogP contribution is -2.08. The molecule has 2 aromatic heterocycles. The third-order valence-corrected chi connectivity index (χ3v) is 3.20. The van der Waals surface area contributed by atoms with Crippen LogP contribution in [0, 0.1) is 0 Å². The van der Waals surface area contributed by atoms with Gasteiger partial charge in [-0.3, -0.25) is 0 Å². The van der Waals surface area contributed by atoms with Gasteiger partial charge >= 0.3 is 0 Å². The van der Waals surface area contributed by atoms with Crippen LogP contribution in [-0.2, 0) is 0 Å². The number of pyridine rings is 1. The summed E-state index contributed by atoms with van der Waals surface area (Å²) in [6, 6.07) is 2.02. The van der Waals surface area contributed by atoms with Gasteiger partial charge in [-0.1, -0.05) is 0 Å². The Kier molecular flexibility index (Phi) is 2.21. The highest BCUT2D eigenvalue weighted by Gasteiger charge is 2.20. The molecule has 1 aliphatic rings. The molecule has 0 radical (unpaired) electrons. The quantitative estimate of drug-likeness (QED) is 0.828. The topological polar surface area (TPSA) is 53.6 Å². The zero-order valence-electron chi connectivity index (χ0n) is 8.13. The number of hydrogen-bond donors (Lipinski definition) is 2. The lowest BCUT2D eigenvalue weighted by atomic mass is 10.1. The van der Waals surface area contributed by atoms with Gasteiger partial charge in [0.2, 0.25) is 0 Å². The number of H-pyrrole nitrogens is 1. The van der Waals surface area contributed by atoms with Crippen molar-refractivity contribution in [1.82, 2.24) is 20.3 Å². The Bertz CT molecular complexity index is 487. The molecule has 2 N–H and O–H groups in total. The van der Waals surface area contributed by atoms with Crippen molar-refractivity contribution in [3.63, 3.8) is 0 Å². The van der Waals surface area contributed by atoms with Crippen molar-refractivity contribution >= 4 is 27.1 Å². The van der Waals surface area contributed by atoms with Crippen molar-refractivity contribution in [2.45, 2.75) is 12.3 Å². The summed E-state index contributed by atoms with van der Waals surface area (Å²) in [5, 5.41) is 3.34. The Labute approximate surface area is 95.6 Å². The van der Waals surface area contributed by atoms with Crippen LogP contribution in [0.3, 0.4) is 0 Å². The van der Waals surface area contributed by atoms with E-state index in [2.05, 4.69) is 36.2 Å². The van der Waals surface area contributed by atoms with Crippen molar-refractivity contribution in [2.75, 3.05) is 13.1 Å². The summed E-state index contributed by atoms with van der Waals surface area (Å²) in [6.45, 7) is 2.10. The zero-order valence-corrected chi connectivity index (χ0v) is 9.71. The fourth-order valence-corrected chi connectivity index (χ4v) is 2.31. The lowest BCUT2D eigenvalue weighted by Gasteiger charge is -2.01. The molecule has 0 aliphatic carbocycles. The van der Waals surface area contributed by atoms with E-state index in [9.17, 15) is 0 Å². The third kappa shape index (κ3) is 1.66. The Morgan fingerprint density at radius 3 is 3.20 bits per heavy atom. The zero-order chi connectivity index (χ0) is 10.3. The lowest BCUT2D eigenvalue weighted by molar-refractivity contribution is 0.717. The Morgan fingerprint density at radius 2 is 2.40 bits per heavy atom. The fourth-order valence-electron chi connectivity index (χ4n) is 1.97. The maximum atomic E-state index is 4.51. The molecule has 1 saturated heterocycles. The third-order valence-electron chi connectivity index (χ3n) is 2.77. The minimum absolute atomic E-state index is 0.512. The predicted octanol–water partition coefficient (Wildman–Crippen LogP) is 1.80. The van der Waals surface area contributed by atoms with E-state index in [1.165, 1.54) is 0 Å². The number of nitrogens with one attached hydrogen (secondary N) is 2. The van der Waals surface area contributed by atoms with Gasteiger partial charge in [-0.2, -0.15) is 0 Å². The smallest absolute Gasteiger partial charge is 0.177 e. The second-order valence-corrected chi connectivity index (χ2v) is 4.75. The van der Waals surface area contributed by atoms with E-state index < -0.39 is 0 Å². The van der Waals surface area contributed by atoms with Gasteiger partial charge in [0.1, 0.15) is 5.82 Å². The first-order chi connectivity index (χ1) is 7.33. The molecule has 2 aromatic rings. The minimum Gasteiger partial charge on any atom is -0.340 e. The van der Waals surface area contributed by atoms with Crippen molar-refractivity contribution in [3.8, 4) is 0 Å². The summed E-state index contributed by atoms with van der Waals surface area (Å²) in [7, 11) is 0. The molecule has 1 aliphatic heterocycles. The maximum absolute atomic E-state index is 4.51. The average molecular weight is 267 g/mol. The first kappa shape index (κ1) is 9.30. The molecule has 15 heavy (non-hydrogen) atoms. The SMILES string of the molecule is Brc1cnc2nc(C3CCNC3)[nH]c2c1. The van der Waals surface area contributed by atoms with Crippen molar-refractivity contribution < 1.29 is 0 Å². The highest BCUT2D eigenvalue weighted by Crippen LogP contribution is 2.22. The van der Waals surface area contributed by atoms with Crippen LogP contribution in [-0.4, -0.2) is 28.0 Å².